The monoisotopic (exact) mass is 522 g/mol. The first-order chi connectivity index (χ1) is 15.1. The maximum Gasteiger partial charge on any atom is 0.333 e. The number of hydrogen-bond donors (Lipinski definition) is 0. The third-order valence-electron chi connectivity index (χ3n) is 5.74. The largest absolute Gasteiger partial charge is 0.394 e. The third-order valence-corrected chi connectivity index (χ3v) is 8.03. The lowest BCUT2D eigenvalue weighted by Gasteiger charge is -2.29. The molecule has 0 fully saturated rings. The lowest BCUT2D eigenvalue weighted by Crippen LogP contribution is -2.40. The second-order valence-electron chi connectivity index (χ2n) is 9.45. The number of hydrogen-bond acceptors (Lipinski definition) is 3. The minimum atomic E-state index is -2.13. The Morgan fingerprint density at radius 1 is 0.613 bits per heavy atom. The standard InChI is InChI=1S/C26H55BrO3Si/c1-5-7-9-10-11-12-13-14-16-20-24-28-26(22-18-8-6-2)30-31(3,4)29-25-21-17-15-19-23-27/h26H,5-25H2,1-4H3. The highest BCUT2D eigenvalue weighted by Gasteiger charge is 2.29. The first-order valence-electron chi connectivity index (χ1n) is 13.5. The van der Waals surface area contributed by atoms with Crippen molar-refractivity contribution in [2.75, 3.05) is 18.5 Å². The Labute approximate surface area is 205 Å². The summed E-state index contributed by atoms with van der Waals surface area (Å²) in [6.07, 6.45) is 23.0. The molecule has 0 aromatic heterocycles. The van der Waals surface area contributed by atoms with Gasteiger partial charge in [-0.3, -0.25) is 0 Å². The van der Waals surface area contributed by atoms with Gasteiger partial charge in [-0.25, -0.2) is 0 Å². The van der Waals surface area contributed by atoms with Crippen LogP contribution in [0.25, 0.3) is 0 Å². The van der Waals surface area contributed by atoms with Gasteiger partial charge in [-0.1, -0.05) is 113 Å². The number of halogens is 1. The fraction of sp³-hybridized carbons (Fsp3) is 1.00. The highest BCUT2D eigenvalue weighted by Crippen LogP contribution is 2.18. The molecule has 0 aliphatic rings. The maximum atomic E-state index is 6.39. The molecule has 0 heterocycles. The zero-order valence-corrected chi connectivity index (χ0v) is 24.1. The highest BCUT2D eigenvalue weighted by atomic mass is 79.9. The van der Waals surface area contributed by atoms with E-state index in [4.69, 9.17) is 13.6 Å². The van der Waals surface area contributed by atoms with Gasteiger partial charge in [0.25, 0.3) is 0 Å². The molecule has 0 rings (SSSR count). The van der Waals surface area contributed by atoms with E-state index in [9.17, 15) is 0 Å². The van der Waals surface area contributed by atoms with Crippen molar-refractivity contribution >= 4 is 24.5 Å². The van der Waals surface area contributed by atoms with Crippen molar-refractivity contribution in [1.82, 2.24) is 0 Å². The first-order valence-corrected chi connectivity index (χ1v) is 17.5. The molecule has 0 saturated carbocycles. The summed E-state index contributed by atoms with van der Waals surface area (Å²) < 4.78 is 18.8. The molecule has 31 heavy (non-hydrogen) atoms. The summed E-state index contributed by atoms with van der Waals surface area (Å²) in [5.74, 6) is 0. The van der Waals surface area contributed by atoms with Gasteiger partial charge in [0, 0.05) is 18.5 Å². The van der Waals surface area contributed by atoms with Gasteiger partial charge in [0.2, 0.25) is 0 Å². The molecule has 0 radical (unpaired) electrons. The van der Waals surface area contributed by atoms with Gasteiger partial charge in [-0.2, -0.15) is 0 Å². The van der Waals surface area contributed by atoms with Crippen molar-refractivity contribution in [3.63, 3.8) is 0 Å². The minimum Gasteiger partial charge on any atom is -0.394 e. The normalized spacial score (nSPS) is 13.1. The van der Waals surface area contributed by atoms with Crippen LogP contribution in [-0.4, -0.2) is 33.4 Å². The Kier molecular flexibility index (Phi) is 24.2. The SMILES string of the molecule is CCCCCCCCCCCCOC(CCCCC)O[Si](C)(C)OCCCCCCBr. The van der Waals surface area contributed by atoms with E-state index in [0.29, 0.717) is 0 Å². The molecule has 0 aliphatic heterocycles. The van der Waals surface area contributed by atoms with E-state index in [0.717, 1.165) is 37.8 Å². The molecule has 0 spiro atoms. The molecule has 1 unspecified atom stereocenters. The lowest BCUT2D eigenvalue weighted by molar-refractivity contribution is -0.104. The van der Waals surface area contributed by atoms with E-state index in [2.05, 4.69) is 42.9 Å². The Bertz CT molecular complexity index is 356. The van der Waals surface area contributed by atoms with Gasteiger partial charge in [-0.15, -0.1) is 0 Å². The minimum absolute atomic E-state index is 0.0832. The average Bonchev–Trinajstić information content (AvgIpc) is 2.74. The molecular formula is C26H55BrO3Si. The smallest absolute Gasteiger partial charge is 0.333 e. The van der Waals surface area contributed by atoms with Gasteiger partial charge < -0.3 is 13.6 Å². The Balaban J connectivity index is 3.96. The third kappa shape index (κ3) is 23.5. The van der Waals surface area contributed by atoms with E-state index >= 15 is 0 Å². The number of alkyl halides is 1. The molecule has 0 aliphatic carbocycles. The van der Waals surface area contributed by atoms with Crippen LogP contribution in [0.4, 0.5) is 0 Å². The molecule has 0 aromatic carbocycles. The molecule has 0 amide bonds. The van der Waals surface area contributed by atoms with Crippen LogP contribution in [0.15, 0.2) is 0 Å². The van der Waals surface area contributed by atoms with Gasteiger partial charge in [0.05, 0.1) is 0 Å². The van der Waals surface area contributed by atoms with Crippen LogP contribution < -0.4 is 0 Å². The molecule has 5 heteroatoms. The predicted molar refractivity (Wildman–Crippen MR) is 143 cm³/mol. The predicted octanol–water partition coefficient (Wildman–Crippen LogP) is 9.52. The zero-order valence-electron chi connectivity index (χ0n) is 21.5. The second kappa shape index (κ2) is 23.7. The van der Waals surface area contributed by atoms with Crippen LogP contribution in [0.3, 0.4) is 0 Å². The van der Waals surface area contributed by atoms with Crippen molar-refractivity contribution in [2.24, 2.45) is 0 Å². The lowest BCUT2D eigenvalue weighted by atomic mass is 10.1. The second-order valence-corrected chi connectivity index (χ2v) is 13.6. The summed E-state index contributed by atoms with van der Waals surface area (Å²) in [7, 11) is -2.13. The molecule has 188 valence electrons. The first kappa shape index (κ1) is 31.6. The molecule has 1 atom stereocenters. The highest BCUT2D eigenvalue weighted by molar-refractivity contribution is 9.09. The molecule has 0 aromatic rings. The van der Waals surface area contributed by atoms with Crippen LogP contribution in [0.1, 0.15) is 129 Å². The molecule has 0 bridgehead atoms. The fourth-order valence-corrected chi connectivity index (χ4v) is 5.68. The summed E-state index contributed by atoms with van der Waals surface area (Å²) in [6.45, 7) is 10.5. The summed E-state index contributed by atoms with van der Waals surface area (Å²) in [6, 6.07) is 0. The maximum absolute atomic E-state index is 6.39. The van der Waals surface area contributed by atoms with Gasteiger partial charge in [0.15, 0.2) is 0 Å². The van der Waals surface area contributed by atoms with Crippen LogP contribution in [-0.2, 0) is 13.6 Å². The summed E-state index contributed by atoms with van der Waals surface area (Å²) in [5.41, 5.74) is 0. The van der Waals surface area contributed by atoms with Gasteiger partial charge >= 0.3 is 8.56 Å². The Morgan fingerprint density at radius 2 is 1.10 bits per heavy atom. The molecular weight excluding hydrogens is 468 g/mol. The average molecular weight is 524 g/mol. The number of rotatable bonds is 25. The van der Waals surface area contributed by atoms with E-state index in [1.165, 1.54) is 96.3 Å². The fourth-order valence-electron chi connectivity index (χ4n) is 3.76. The van der Waals surface area contributed by atoms with Crippen LogP contribution in [0, 0.1) is 0 Å². The number of unbranched alkanes of at least 4 members (excludes halogenated alkanes) is 14. The Morgan fingerprint density at radius 3 is 1.68 bits per heavy atom. The number of ether oxygens (including phenoxy) is 1. The van der Waals surface area contributed by atoms with Crippen molar-refractivity contribution in [1.29, 1.82) is 0 Å². The summed E-state index contributed by atoms with van der Waals surface area (Å²) in [4.78, 5) is 0. The summed E-state index contributed by atoms with van der Waals surface area (Å²) >= 11 is 3.50. The van der Waals surface area contributed by atoms with Crippen LogP contribution >= 0.6 is 15.9 Å². The van der Waals surface area contributed by atoms with Gasteiger partial charge in [-0.05, 0) is 45.2 Å². The van der Waals surface area contributed by atoms with E-state index in [-0.39, 0.29) is 6.29 Å². The molecule has 3 nitrogen and oxygen atoms in total. The van der Waals surface area contributed by atoms with Crippen LogP contribution in [0.5, 0.6) is 0 Å². The van der Waals surface area contributed by atoms with Crippen molar-refractivity contribution in [3.05, 3.63) is 0 Å². The zero-order chi connectivity index (χ0) is 23.0. The quantitative estimate of drug-likeness (QED) is 0.0516. The van der Waals surface area contributed by atoms with Crippen molar-refractivity contribution < 1.29 is 13.6 Å². The van der Waals surface area contributed by atoms with E-state index < -0.39 is 8.56 Å². The van der Waals surface area contributed by atoms with Gasteiger partial charge in [0.1, 0.15) is 6.29 Å². The van der Waals surface area contributed by atoms with E-state index in [1.54, 1.807) is 0 Å². The molecule has 0 N–H and O–H groups in total. The van der Waals surface area contributed by atoms with Crippen molar-refractivity contribution in [3.8, 4) is 0 Å². The summed E-state index contributed by atoms with van der Waals surface area (Å²) in [5, 5.41) is 1.10. The van der Waals surface area contributed by atoms with Crippen molar-refractivity contribution in [2.45, 2.75) is 149 Å². The van der Waals surface area contributed by atoms with E-state index in [1.807, 2.05) is 0 Å². The molecule has 0 saturated heterocycles. The van der Waals surface area contributed by atoms with Crippen LogP contribution in [0.2, 0.25) is 13.1 Å². The Hall–Kier alpha value is 0.577. The topological polar surface area (TPSA) is 27.7 Å².